The highest BCUT2D eigenvalue weighted by molar-refractivity contribution is 5.97. The van der Waals surface area contributed by atoms with E-state index in [4.69, 9.17) is 16.3 Å². The van der Waals surface area contributed by atoms with Crippen LogP contribution in [0.2, 0.25) is 0 Å². The van der Waals surface area contributed by atoms with Crippen LogP contribution in [0.4, 0.5) is 26.3 Å². The SMILES string of the molecule is COc1cc(C(F)(F)F)ccc1C(=O)NCCN(N)/C=C(\N)C(=O)NC(C#N)c1ccc(C(F)(F)F)cc1.[HH].[HH]. The second-order valence-electron chi connectivity index (χ2n) is 7.65. The molecule has 0 spiro atoms. The van der Waals surface area contributed by atoms with Gasteiger partial charge in [-0.2, -0.15) is 31.6 Å². The molecule has 0 bridgehead atoms. The molecule has 9 nitrogen and oxygen atoms in total. The van der Waals surface area contributed by atoms with Crippen molar-refractivity contribution in [3.8, 4) is 11.8 Å². The molecule has 1 unspecified atom stereocenters. The first-order valence-electron chi connectivity index (χ1n) is 10.6. The Balaban J connectivity index is 0.00000760. The lowest BCUT2D eigenvalue weighted by atomic mass is 10.1. The van der Waals surface area contributed by atoms with E-state index in [0.29, 0.717) is 6.07 Å². The molecule has 0 saturated carbocycles. The summed E-state index contributed by atoms with van der Waals surface area (Å²) in [5.41, 5.74) is 3.24. The quantitative estimate of drug-likeness (QED) is 0.163. The van der Waals surface area contributed by atoms with Crippen molar-refractivity contribution in [2.75, 3.05) is 20.2 Å². The highest BCUT2D eigenvalue weighted by atomic mass is 19.4. The zero-order valence-electron chi connectivity index (χ0n) is 19.7. The molecule has 0 aliphatic rings. The van der Waals surface area contributed by atoms with E-state index in [1.54, 1.807) is 6.07 Å². The van der Waals surface area contributed by atoms with Crippen LogP contribution in [-0.2, 0) is 17.1 Å². The normalized spacial score (nSPS) is 12.8. The first-order valence-corrected chi connectivity index (χ1v) is 10.6. The van der Waals surface area contributed by atoms with Crippen LogP contribution in [0.3, 0.4) is 0 Å². The summed E-state index contributed by atoms with van der Waals surface area (Å²) in [5.74, 6) is 3.75. The largest absolute Gasteiger partial charge is 0.496 e. The second-order valence-corrected chi connectivity index (χ2v) is 7.65. The molecule has 0 radical (unpaired) electrons. The molecule has 2 aromatic rings. The van der Waals surface area contributed by atoms with E-state index in [2.05, 4.69) is 10.6 Å². The number of carbonyl (C=O) groups is 2. The predicted molar refractivity (Wildman–Crippen MR) is 126 cm³/mol. The molecule has 208 valence electrons. The molecule has 38 heavy (non-hydrogen) atoms. The molecular formula is C23H26F6N6O3. The number of nitrogens with two attached hydrogens (primary N) is 2. The minimum absolute atomic E-state index is 0. The third kappa shape index (κ3) is 8.03. The summed E-state index contributed by atoms with van der Waals surface area (Å²) in [7, 11) is 1.11. The van der Waals surface area contributed by atoms with Gasteiger partial charge in [0.1, 0.15) is 17.5 Å². The zero-order chi connectivity index (χ0) is 28.7. The van der Waals surface area contributed by atoms with E-state index in [0.717, 1.165) is 54.7 Å². The lowest BCUT2D eigenvalue weighted by Crippen LogP contribution is -2.38. The Morgan fingerprint density at radius 2 is 1.68 bits per heavy atom. The number of alkyl halides is 6. The van der Waals surface area contributed by atoms with Gasteiger partial charge in [0.25, 0.3) is 11.8 Å². The van der Waals surface area contributed by atoms with Gasteiger partial charge < -0.3 is 26.1 Å². The van der Waals surface area contributed by atoms with Crippen molar-refractivity contribution in [3.05, 3.63) is 76.6 Å². The standard InChI is InChI=1S/C23H22F6N6O3.2H2/c1-38-19-10-15(23(27,28)29)6-7-16(19)20(36)33-8-9-35(32)12-17(31)21(37)34-18(11-30)13-2-4-14(5-3-13)22(24,25)26;;/h2-7,10,12,18H,8-9,31-32H2,1H3,(H,33,36)(H,34,37);2*1H/b17-12-;;. The van der Waals surface area contributed by atoms with Crippen LogP contribution in [0, 0.1) is 11.3 Å². The average molecular weight is 548 g/mol. The van der Waals surface area contributed by atoms with Crippen molar-refractivity contribution >= 4 is 11.8 Å². The van der Waals surface area contributed by atoms with Crippen molar-refractivity contribution in [2.45, 2.75) is 18.4 Å². The van der Waals surface area contributed by atoms with Crippen LogP contribution in [0.15, 0.2) is 54.4 Å². The number of hydrogen-bond acceptors (Lipinski definition) is 7. The molecule has 0 aliphatic heterocycles. The van der Waals surface area contributed by atoms with Gasteiger partial charge in [-0.15, -0.1) is 0 Å². The lowest BCUT2D eigenvalue weighted by Gasteiger charge is -2.17. The maximum atomic E-state index is 12.8. The molecule has 0 saturated heterocycles. The number of hydrazine groups is 1. The van der Waals surface area contributed by atoms with Gasteiger partial charge in [-0.3, -0.25) is 9.59 Å². The number of methoxy groups -OCH3 is 1. The van der Waals surface area contributed by atoms with Crippen molar-refractivity contribution in [1.29, 1.82) is 5.26 Å². The molecule has 15 heteroatoms. The Hall–Kier alpha value is -4.45. The Labute approximate surface area is 215 Å². The van der Waals surface area contributed by atoms with Crippen molar-refractivity contribution in [3.63, 3.8) is 0 Å². The second kappa shape index (κ2) is 12.2. The minimum atomic E-state index is -4.62. The van der Waals surface area contributed by atoms with Gasteiger partial charge in [-0.1, -0.05) is 12.1 Å². The smallest absolute Gasteiger partial charge is 0.416 e. The summed E-state index contributed by atoms with van der Waals surface area (Å²) in [6, 6.07) is 6.42. The van der Waals surface area contributed by atoms with Crippen LogP contribution in [0.1, 0.15) is 35.9 Å². The van der Waals surface area contributed by atoms with E-state index in [1.807, 2.05) is 0 Å². The lowest BCUT2D eigenvalue weighted by molar-refractivity contribution is -0.138. The fourth-order valence-corrected chi connectivity index (χ4v) is 3.02. The first kappa shape index (κ1) is 29.8. The van der Waals surface area contributed by atoms with Gasteiger partial charge in [-0.05, 0) is 35.9 Å². The first-order chi connectivity index (χ1) is 17.7. The number of halogens is 6. The fraction of sp³-hybridized carbons (Fsp3) is 0.261. The third-order valence-corrected chi connectivity index (χ3v) is 4.97. The Morgan fingerprint density at radius 1 is 1.11 bits per heavy atom. The number of nitrogens with zero attached hydrogens (tertiary/aromatic N) is 2. The van der Waals surface area contributed by atoms with Gasteiger partial charge >= 0.3 is 12.4 Å². The number of hydrogen-bond donors (Lipinski definition) is 4. The summed E-state index contributed by atoms with van der Waals surface area (Å²) in [5, 5.41) is 14.9. The number of rotatable bonds is 9. The summed E-state index contributed by atoms with van der Waals surface area (Å²) < 4.78 is 81.5. The number of carbonyl (C=O) groups excluding carboxylic acids is 2. The Kier molecular flexibility index (Phi) is 9.55. The van der Waals surface area contributed by atoms with E-state index < -0.39 is 47.0 Å². The van der Waals surface area contributed by atoms with Crippen molar-refractivity contribution in [2.24, 2.45) is 11.6 Å². The number of ether oxygens (including phenoxy) is 1. The van der Waals surface area contributed by atoms with E-state index in [-0.39, 0.29) is 32.8 Å². The molecule has 2 rings (SSSR count). The highest BCUT2D eigenvalue weighted by Crippen LogP contribution is 2.33. The van der Waals surface area contributed by atoms with E-state index in [1.165, 1.54) is 0 Å². The molecule has 0 fully saturated rings. The molecule has 2 amide bonds. The van der Waals surface area contributed by atoms with E-state index in [9.17, 15) is 41.2 Å². The van der Waals surface area contributed by atoms with Crippen LogP contribution in [0.5, 0.6) is 5.75 Å². The highest BCUT2D eigenvalue weighted by Gasteiger charge is 2.32. The maximum absolute atomic E-state index is 12.8. The monoisotopic (exact) mass is 548 g/mol. The average Bonchev–Trinajstić information content (AvgIpc) is 2.85. The maximum Gasteiger partial charge on any atom is 0.416 e. The number of amides is 2. The summed E-state index contributed by atoms with van der Waals surface area (Å²) in [6.07, 6.45) is -8.20. The Morgan fingerprint density at radius 3 is 2.21 bits per heavy atom. The fourth-order valence-electron chi connectivity index (χ4n) is 3.02. The van der Waals surface area contributed by atoms with Gasteiger partial charge in [0.15, 0.2) is 0 Å². The molecule has 0 aromatic heterocycles. The molecule has 1 atom stereocenters. The van der Waals surface area contributed by atoms with E-state index >= 15 is 0 Å². The topological polar surface area (TPSA) is 146 Å². The zero-order valence-corrected chi connectivity index (χ0v) is 19.7. The molecule has 6 N–H and O–H groups in total. The van der Waals surface area contributed by atoms with Crippen LogP contribution < -0.4 is 26.9 Å². The molecule has 0 aliphatic carbocycles. The number of nitrogens with one attached hydrogen (secondary N) is 2. The molecule has 2 aromatic carbocycles. The van der Waals surface area contributed by atoms with Crippen molar-refractivity contribution in [1.82, 2.24) is 15.6 Å². The number of benzene rings is 2. The molecular weight excluding hydrogens is 522 g/mol. The third-order valence-electron chi connectivity index (χ3n) is 4.97. The van der Waals surface area contributed by atoms with Crippen LogP contribution >= 0.6 is 0 Å². The predicted octanol–water partition coefficient (Wildman–Crippen LogP) is 3.31. The molecule has 0 heterocycles. The minimum Gasteiger partial charge on any atom is -0.496 e. The van der Waals surface area contributed by atoms with Gasteiger partial charge in [-0.25, -0.2) is 5.84 Å². The van der Waals surface area contributed by atoms with Crippen molar-refractivity contribution < 1.29 is 43.5 Å². The summed E-state index contributed by atoms with van der Waals surface area (Å²) in [6.45, 7) is -0.208. The van der Waals surface area contributed by atoms with Gasteiger partial charge in [0.05, 0.1) is 36.4 Å². The van der Waals surface area contributed by atoms with Gasteiger partial charge in [0, 0.05) is 15.6 Å². The summed E-state index contributed by atoms with van der Waals surface area (Å²) >= 11 is 0. The Bertz CT molecular complexity index is 1230. The van der Waals surface area contributed by atoms with Crippen LogP contribution in [0.25, 0.3) is 0 Å². The number of nitriles is 1. The summed E-state index contributed by atoms with van der Waals surface area (Å²) in [4.78, 5) is 24.6. The van der Waals surface area contributed by atoms with Gasteiger partial charge in [0.2, 0.25) is 0 Å². The van der Waals surface area contributed by atoms with Crippen LogP contribution in [-0.4, -0.2) is 37.0 Å².